The van der Waals surface area contributed by atoms with Gasteiger partial charge in [0.2, 0.25) is 5.91 Å². The number of aliphatic imine (C=N–C) groups is 1. The number of carbonyl (C=O) groups is 1. The molecule has 26 heavy (non-hydrogen) atoms. The van der Waals surface area contributed by atoms with Gasteiger partial charge in [-0.2, -0.15) is 8.78 Å². The van der Waals surface area contributed by atoms with Gasteiger partial charge in [-0.05, 0) is 12.1 Å². The van der Waals surface area contributed by atoms with Crippen LogP contribution in [0, 0.1) is 5.92 Å². The van der Waals surface area contributed by atoms with E-state index in [1.165, 1.54) is 12.1 Å². The molecule has 0 fully saturated rings. The molecule has 0 radical (unpaired) electrons. The molecule has 146 valence electrons. The number of hydrogen-bond donors (Lipinski definition) is 3. The van der Waals surface area contributed by atoms with E-state index in [1.54, 1.807) is 20.9 Å². The summed E-state index contributed by atoms with van der Waals surface area (Å²) >= 11 is 11.9. The maximum atomic E-state index is 12.6. The third kappa shape index (κ3) is 7.61. The van der Waals surface area contributed by atoms with Crippen LogP contribution in [-0.4, -0.2) is 38.6 Å². The van der Waals surface area contributed by atoms with Gasteiger partial charge in [0, 0.05) is 43.2 Å². The maximum Gasteiger partial charge on any atom is 0.387 e. The molecule has 0 saturated heterocycles. The number of guanidine groups is 1. The zero-order chi connectivity index (χ0) is 19.7. The van der Waals surface area contributed by atoms with E-state index in [-0.39, 0.29) is 29.1 Å². The fourth-order valence-corrected chi connectivity index (χ4v) is 2.52. The Morgan fingerprint density at radius 2 is 1.85 bits per heavy atom. The minimum Gasteiger partial charge on any atom is -0.433 e. The number of nitrogens with zero attached hydrogens (tertiary/aromatic N) is 1. The normalized spacial score (nSPS) is 11.7. The number of nitrogens with one attached hydrogen (secondary N) is 3. The van der Waals surface area contributed by atoms with Crippen molar-refractivity contribution in [2.75, 3.05) is 20.1 Å². The van der Waals surface area contributed by atoms with Gasteiger partial charge in [-0.1, -0.05) is 37.0 Å². The highest BCUT2D eigenvalue weighted by Gasteiger charge is 2.15. The molecule has 0 saturated carbocycles. The summed E-state index contributed by atoms with van der Waals surface area (Å²) in [6.07, 6.45) is 0. The predicted molar refractivity (Wildman–Crippen MR) is 99.1 cm³/mol. The van der Waals surface area contributed by atoms with Crippen molar-refractivity contribution in [3.63, 3.8) is 0 Å². The topological polar surface area (TPSA) is 74.8 Å². The zero-order valence-corrected chi connectivity index (χ0v) is 16.2. The van der Waals surface area contributed by atoms with Gasteiger partial charge in [-0.15, -0.1) is 0 Å². The largest absolute Gasteiger partial charge is 0.433 e. The van der Waals surface area contributed by atoms with Gasteiger partial charge in [0.05, 0.1) is 5.02 Å². The van der Waals surface area contributed by atoms with Crippen LogP contribution in [0.3, 0.4) is 0 Å². The lowest BCUT2D eigenvalue weighted by Crippen LogP contribution is -2.41. The Labute approximate surface area is 161 Å². The van der Waals surface area contributed by atoms with Crippen LogP contribution in [0.25, 0.3) is 0 Å². The number of alkyl halides is 2. The second-order valence-corrected chi connectivity index (χ2v) is 6.40. The first-order valence-corrected chi connectivity index (χ1v) is 8.65. The average molecular weight is 411 g/mol. The van der Waals surface area contributed by atoms with Crippen LogP contribution in [0.1, 0.15) is 19.4 Å². The molecule has 0 aliphatic rings. The molecule has 0 heterocycles. The molecule has 0 spiro atoms. The van der Waals surface area contributed by atoms with Crippen molar-refractivity contribution in [3.8, 4) is 5.75 Å². The van der Waals surface area contributed by atoms with Crippen molar-refractivity contribution in [2.45, 2.75) is 27.0 Å². The number of ether oxygens (including phenoxy) is 1. The highest BCUT2D eigenvalue weighted by molar-refractivity contribution is 6.35. The molecule has 0 atom stereocenters. The lowest BCUT2D eigenvalue weighted by atomic mass is 10.2. The number of hydrogen-bond acceptors (Lipinski definition) is 3. The molecule has 1 aromatic rings. The van der Waals surface area contributed by atoms with E-state index in [1.807, 2.05) is 0 Å². The van der Waals surface area contributed by atoms with Crippen molar-refractivity contribution >= 4 is 35.1 Å². The van der Waals surface area contributed by atoms with Gasteiger partial charge in [0.1, 0.15) is 5.75 Å². The lowest BCUT2D eigenvalue weighted by molar-refractivity contribution is -0.123. The highest BCUT2D eigenvalue weighted by atomic mass is 35.5. The van der Waals surface area contributed by atoms with Gasteiger partial charge >= 0.3 is 6.61 Å². The van der Waals surface area contributed by atoms with E-state index in [0.717, 1.165) is 0 Å². The molecule has 1 aromatic carbocycles. The minimum atomic E-state index is -3.01. The summed E-state index contributed by atoms with van der Waals surface area (Å²) in [5, 5.41) is 8.99. The molecule has 10 heteroatoms. The number of halogens is 4. The third-order valence-corrected chi connectivity index (χ3v) is 3.70. The Kier molecular flexibility index (Phi) is 9.43. The summed E-state index contributed by atoms with van der Waals surface area (Å²) in [6, 6.07) is 2.81. The Hall–Kier alpha value is -1.80. The Bertz CT molecular complexity index is 643. The first-order valence-electron chi connectivity index (χ1n) is 7.89. The van der Waals surface area contributed by atoms with Crippen LogP contribution in [0.2, 0.25) is 10.0 Å². The predicted octanol–water partition coefficient (Wildman–Crippen LogP) is 3.03. The van der Waals surface area contributed by atoms with Crippen LogP contribution in [0.15, 0.2) is 17.1 Å². The summed E-state index contributed by atoms with van der Waals surface area (Å²) in [5.41, 5.74) is 0.360. The van der Waals surface area contributed by atoms with Gasteiger partial charge < -0.3 is 20.7 Å². The quantitative estimate of drug-likeness (QED) is 0.349. The molecule has 1 rings (SSSR count). The summed E-state index contributed by atoms with van der Waals surface area (Å²) in [6.45, 7) is 1.57. The molecule has 6 nitrogen and oxygen atoms in total. The molecule has 0 aromatic heterocycles. The zero-order valence-electron chi connectivity index (χ0n) is 14.7. The smallest absolute Gasteiger partial charge is 0.387 e. The summed E-state index contributed by atoms with van der Waals surface area (Å²) in [4.78, 5) is 15.5. The Morgan fingerprint density at radius 1 is 1.19 bits per heavy atom. The van der Waals surface area contributed by atoms with E-state index >= 15 is 0 Å². The molecule has 0 bridgehead atoms. The summed E-state index contributed by atoms with van der Waals surface area (Å²) < 4.78 is 29.6. The molecule has 0 aliphatic heterocycles. The fourth-order valence-electron chi connectivity index (χ4n) is 1.94. The van der Waals surface area contributed by atoms with E-state index in [9.17, 15) is 13.6 Å². The van der Waals surface area contributed by atoms with E-state index in [0.29, 0.717) is 29.6 Å². The van der Waals surface area contributed by atoms with Gasteiger partial charge in [-0.3, -0.25) is 9.79 Å². The highest BCUT2D eigenvalue weighted by Crippen LogP contribution is 2.33. The van der Waals surface area contributed by atoms with Crippen molar-refractivity contribution < 1.29 is 18.3 Å². The number of benzene rings is 1. The molecular weight excluding hydrogens is 389 g/mol. The maximum absolute atomic E-state index is 12.6. The monoisotopic (exact) mass is 410 g/mol. The Balaban J connectivity index is 2.62. The minimum absolute atomic E-state index is 0.00561. The van der Waals surface area contributed by atoms with Gasteiger partial charge in [0.15, 0.2) is 5.96 Å². The molecule has 1 amide bonds. The van der Waals surface area contributed by atoms with Crippen LogP contribution in [0.4, 0.5) is 8.78 Å². The van der Waals surface area contributed by atoms with E-state index < -0.39 is 6.61 Å². The second kappa shape index (κ2) is 11.0. The van der Waals surface area contributed by atoms with Crippen molar-refractivity contribution in [2.24, 2.45) is 10.9 Å². The summed E-state index contributed by atoms with van der Waals surface area (Å²) in [7, 11) is 1.56. The third-order valence-electron chi connectivity index (χ3n) is 3.20. The average Bonchev–Trinajstić information content (AvgIpc) is 2.56. The molecular formula is C16H22Cl2F2N4O2. The van der Waals surface area contributed by atoms with Crippen molar-refractivity contribution in [1.82, 2.24) is 16.0 Å². The lowest BCUT2D eigenvalue weighted by Gasteiger charge is -2.16. The Morgan fingerprint density at radius 3 is 2.42 bits per heavy atom. The van der Waals surface area contributed by atoms with Crippen LogP contribution < -0.4 is 20.7 Å². The molecule has 0 aliphatic carbocycles. The number of rotatable bonds is 8. The first-order chi connectivity index (χ1) is 12.2. The van der Waals surface area contributed by atoms with Crippen molar-refractivity contribution in [3.05, 3.63) is 27.7 Å². The van der Waals surface area contributed by atoms with E-state index in [2.05, 4.69) is 25.7 Å². The first kappa shape index (κ1) is 22.2. The van der Waals surface area contributed by atoms with Crippen LogP contribution >= 0.6 is 23.2 Å². The number of amides is 1. The standard InChI is InChI=1S/C16H22Cl2F2N4O2/c1-9(2)14(25)22-4-5-23-16(21-3)24-8-10-6-11(17)7-12(18)13(10)26-15(19)20/h6-7,9,15H,4-5,8H2,1-3H3,(H,22,25)(H2,21,23,24). The van der Waals surface area contributed by atoms with Gasteiger partial charge in [-0.25, -0.2) is 0 Å². The fraction of sp³-hybridized carbons (Fsp3) is 0.500. The van der Waals surface area contributed by atoms with Crippen LogP contribution in [-0.2, 0) is 11.3 Å². The second-order valence-electron chi connectivity index (χ2n) is 5.55. The molecule has 3 N–H and O–H groups in total. The van der Waals surface area contributed by atoms with Crippen LogP contribution in [0.5, 0.6) is 5.75 Å². The SMILES string of the molecule is CN=C(NCCNC(=O)C(C)C)NCc1cc(Cl)cc(Cl)c1OC(F)F. The van der Waals surface area contributed by atoms with Gasteiger partial charge in [0.25, 0.3) is 0 Å². The summed E-state index contributed by atoms with van der Waals surface area (Å²) in [5.74, 6) is 0.145. The number of carbonyl (C=O) groups excluding carboxylic acids is 1. The molecule has 0 unspecified atom stereocenters. The van der Waals surface area contributed by atoms with Crippen molar-refractivity contribution in [1.29, 1.82) is 0 Å². The van der Waals surface area contributed by atoms with E-state index in [4.69, 9.17) is 23.2 Å².